The predicted molar refractivity (Wildman–Crippen MR) is 55.9 cm³/mol. The van der Waals surface area contributed by atoms with Crippen LogP contribution in [0.15, 0.2) is 0 Å². The zero-order valence-electron chi connectivity index (χ0n) is 8.70. The lowest BCUT2D eigenvalue weighted by molar-refractivity contribution is -0.123. The van der Waals surface area contributed by atoms with Crippen LogP contribution in [-0.4, -0.2) is 36.6 Å². The molecule has 1 fully saturated rings. The van der Waals surface area contributed by atoms with Crippen LogP contribution in [0.1, 0.15) is 12.8 Å². The molecular formula is C10H14FN3O2. The molecule has 0 aromatic heterocycles. The van der Waals surface area contributed by atoms with Crippen molar-refractivity contribution in [3.8, 4) is 12.3 Å². The molecule has 1 rings (SSSR count). The van der Waals surface area contributed by atoms with Gasteiger partial charge in [-0.3, -0.25) is 9.59 Å². The molecule has 88 valence electrons. The quantitative estimate of drug-likeness (QED) is 0.521. The summed E-state index contributed by atoms with van der Waals surface area (Å²) in [4.78, 5) is 22.2. The van der Waals surface area contributed by atoms with E-state index in [0.29, 0.717) is 0 Å². The maximum absolute atomic E-state index is 12.8. The average molecular weight is 227 g/mol. The summed E-state index contributed by atoms with van der Waals surface area (Å²) in [6.45, 7) is 0.161. The number of hydrogen-bond donors (Lipinski definition) is 3. The van der Waals surface area contributed by atoms with Crippen molar-refractivity contribution in [3.05, 3.63) is 0 Å². The van der Waals surface area contributed by atoms with Crippen LogP contribution in [0.2, 0.25) is 0 Å². The molecule has 2 amide bonds. The Labute approximate surface area is 92.9 Å². The molecule has 6 heteroatoms. The summed E-state index contributed by atoms with van der Waals surface area (Å²) in [5, 5.41) is 5.17. The van der Waals surface area contributed by atoms with Gasteiger partial charge in [-0.15, -0.1) is 6.42 Å². The van der Waals surface area contributed by atoms with E-state index in [2.05, 4.69) is 16.6 Å². The summed E-state index contributed by atoms with van der Waals surface area (Å²) in [5.74, 6) is 1.25. The molecule has 0 spiro atoms. The zero-order valence-corrected chi connectivity index (χ0v) is 8.70. The average Bonchev–Trinajstić information content (AvgIpc) is 2.63. The highest BCUT2D eigenvalue weighted by Gasteiger charge is 2.30. The molecule has 1 saturated heterocycles. The monoisotopic (exact) mass is 227 g/mol. The smallest absolute Gasteiger partial charge is 0.238 e. The Balaban J connectivity index is 2.43. The summed E-state index contributed by atoms with van der Waals surface area (Å²) in [6.07, 6.45) is 4.12. The molecular weight excluding hydrogens is 213 g/mol. The lowest BCUT2D eigenvalue weighted by Gasteiger charge is -2.15. The number of nitrogens with one attached hydrogen (secondary N) is 2. The molecule has 0 radical (unpaired) electrons. The van der Waals surface area contributed by atoms with Crippen LogP contribution in [0.5, 0.6) is 0 Å². The van der Waals surface area contributed by atoms with Crippen molar-refractivity contribution in [1.29, 1.82) is 0 Å². The molecule has 1 aliphatic rings. The third kappa shape index (κ3) is 3.51. The molecule has 1 aliphatic heterocycles. The third-order valence-corrected chi connectivity index (χ3v) is 2.32. The van der Waals surface area contributed by atoms with Crippen molar-refractivity contribution >= 4 is 11.8 Å². The number of rotatable bonds is 4. The van der Waals surface area contributed by atoms with Gasteiger partial charge in [0.05, 0.1) is 18.5 Å². The number of primary amides is 1. The fraction of sp³-hybridized carbons (Fsp3) is 0.600. The van der Waals surface area contributed by atoms with E-state index in [0.717, 1.165) is 0 Å². The van der Waals surface area contributed by atoms with Crippen LogP contribution in [0.3, 0.4) is 0 Å². The summed E-state index contributed by atoms with van der Waals surface area (Å²) in [6, 6.07) is -1.32. The number of carbonyl (C=O) groups is 2. The van der Waals surface area contributed by atoms with E-state index in [-0.39, 0.29) is 19.4 Å². The number of nitrogens with two attached hydrogens (primary N) is 1. The number of alkyl halides is 1. The minimum Gasteiger partial charge on any atom is -0.370 e. The van der Waals surface area contributed by atoms with Crippen LogP contribution < -0.4 is 16.4 Å². The first-order chi connectivity index (χ1) is 7.52. The topological polar surface area (TPSA) is 84.2 Å². The molecule has 0 unspecified atom stereocenters. The predicted octanol–water partition coefficient (Wildman–Crippen LogP) is -1.32. The molecule has 0 bridgehead atoms. The van der Waals surface area contributed by atoms with Gasteiger partial charge in [0.15, 0.2) is 0 Å². The number of terminal acetylenes is 1. The van der Waals surface area contributed by atoms with E-state index in [4.69, 9.17) is 12.2 Å². The van der Waals surface area contributed by atoms with Crippen LogP contribution in [0.4, 0.5) is 4.39 Å². The Morgan fingerprint density at radius 2 is 2.38 bits per heavy atom. The summed E-state index contributed by atoms with van der Waals surface area (Å²) < 4.78 is 12.8. The third-order valence-electron chi connectivity index (χ3n) is 2.32. The summed E-state index contributed by atoms with van der Waals surface area (Å²) in [5.41, 5.74) is 4.96. The maximum atomic E-state index is 12.8. The molecule has 4 N–H and O–H groups in total. The number of halogens is 1. The van der Waals surface area contributed by atoms with Gasteiger partial charge in [-0.1, -0.05) is 5.92 Å². The van der Waals surface area contributed by atoms with E-state index >= 15 is 0 Å². The highest BCUT2D eigenvalue weighted by Crippen LogP contribution is 2.10. The Hall–Kier alpha value is -1.61. The van der Waals surface area contributed by atoms with Crippen LogP contribution in [0.25, 0.3) is 0 Å². The van der Waals surface area contributed by atoms with Gasteiger partial charge in [0.2, 0.25) is 11.8 Å². The Bertz CT molecular complexity index is 327. The van der Waals surface area contributed by atoms with Gasteiger partial charge in [-0.25, -0.2) is 4.39 Å². The normalized spacial score (nSPS) is 25.8. The number of amides is 2. The fourth-order valence-corrected chi connectivity index (χ4v) is 1.52. The lowest BCUT2D eigenvalue weighted by atomic mass is 10.1. The second-order valence-corrected chi connectivity index (χ2v) is 3.69. The van der Waals surface area contributed by atoms with Crippen molar-refractivity contribution in [3.63, 3.8) is 0 Å². The summed E-state index contributed by atoms with van der Waals surface area (Å²) >= 11 is 0. The van der Waals surface area contributed by atoms with Gasteiger partial charge in [0.25, 0.3) is 0 Å². The number of hydrogen-bond acceptors (Lipinski definition) is 3. The van der Waals surface area contributed by atoms with Crippen molar-refractivity contribution in [2.24, 2.45) is 5.73 Å². The van der Waals surface area contributed by atoms with Crippen molar-refractivity contribution in [2.75, 3.05) is 6.54 Å². The highest BCUT2D eigenvalue weighted by atomic mass is 19.1. The fourth-order valence-electron chi connectivity index (χ4n) is 1.52. The van der Waals surface area contributed by atoms with E-state index in [1.165, 1.54) is 0 Å². The standard InChI is InChI=1S/C10H14FN3O2/c1-2-7(4-9(12)15)14-10(16)8-3-6(11)5-13-8/h1,6-8,13H,3-5H2,(H2,12,15)(H,14,16)/t6-,7-,8+/m1/s1. The van der Waals surface area contributed by atoms with Gasteiger partial charge in [-0.2, -0.15) is 0 Å². The minimum atomic E-state index is -1.02. The number of carbonyl (C=O) groups excluding carboxylic acids is 2. The van der Waals surface area contributed by atoms with E-state index in [9.17, 15) is 14.0 Å². The van der Waals surface area contributed by atoms with Gasteiger partial charge in [0.1, 0.15) is 6.17 Å². The molecule has 16 heavy (non-hydrogen) atoms. The van der Waals surface area contributed by atoms with Gasteiger partial charge in [-0.05, 0) is 0 Å². The van der Waals surface area contributed by atoms with Gasteiger partial charge in [0, 0.05) is 13.0 Å². The second-order valence-electron chi connectivity index (χ2n) is 3.69. The van der Waals surface area contributed by atoms with E-state index in [1.807, 2.05) is 0 Å². The minimum absolute atomic E-state index is 0.117. The Kier molecular flexibility index (Phi) is 4.26. The van der Waals surface area contributed by atoms with Gasteiger partial charge >= 0.3 is 0 Å². The molecule has 0 aromatic rings. The Morgan fingerprint density at radius 1 is 1.69 bits per heavy atom. The molecule has 5 nitrogen and oxygen atoms in total. The second kappa shape index (κ2) is 5.47. The zero-order chi connectivity index (χ0) is 12.1. The van der Waals surface area contributed by atoms with Crippen LogP contribution in [-0.2, 0) is 9.59 Å². The van der Waals surface area contributed by atoms with Crippen molar-refractivity contribution in [1.82, 2.24) is 10.6 Å². The molecule has 0 saturated carbocycles. The van der Waals surface area contributed by atoms with Crippen molar-refractivity contribution in [2.45, 2.75) is 31.1 Å². The molecule has 0 aromatic carbocycles. The first-order valence-corrected chi connectivity index (χ1v) is 4.95. The van der Waals surface area contributed by atoms with Crippen molar-refractivity contribution < 1.29 is 14.0 Å². The maximum Gasteiger partial charge on any atom is 0.238 e. The van der Waals surface area contributed by atoms with Crippen LogP contribution >= 0.6 is 0 Å². The SMILES string of the molecule is C#C[C@H](CC(N)=O)NC(=O)[C@@H]1C[C@@H](F)CN1. The van der Waals surface area contributed by atoms with Crippen LogP contribution in [0, 0.1) is 12.3 Å². The lowest BCUT2D eigenvalue weighted by Crippen LogP contribution is -2.45. The first kappa shape index (κ1) is 12.5. The van der Waals surface area contributed by atoms with E-state index in [1.54, 1.807) is 0 Å². The first-order valence-electron chi connectivity index (χ1n) is 4.95. The molecule has 0 aliphatic carbocycles. The highest BCUT2D eigenvalue weighted by molar-refractivity contribution is 5.84. The van der Waals surface area contributed by atoms with E-state index < -0.39 is 30.1 Å². The Morgan fingerprint density at radius 3 is 2.81 bits per heavy atom. The van der Waals surface area contributed by atoms with Gasteiger partial charge < -0.3 is 16.4 Å². The summed E-state index contributed by atoms with van der Waals surface area (Å²) in [7, 11) is 0. The molecule has 3 atom stereocenters. The molecule has 1 heterocycles. The largest absolute Gasteiger partial charge is 0.370 e.